The summed E-state index contributed by atoms with van der Waals surface area (Å²) < 4.78 is 21.7. The molecule has 0 saturated carbocycles. The molecule has 0 bridgehead atoms. The van der Waals surface area contributed by atoms with Crippen LogP contribution >= 0.6 is 0 Å². The van der Waals surface area contributed by atoms with Crippen molar-refractivity contribution in [1.82, 2.24) is 0 Å². The standard InChI is InChI=1S/C10H22O5Si/c1-5-13-16(14-6-2,15-7-3)9-8-12-10(4)11/h5-9H2,1-4H3. The first-order valence-corrected chi connectivity index (χ1v) is 7.58. The number of hydrogen-bond donors (Lipinski definition) is 0. The molecule has 0 amide bonds. The highest BCUT2D eigenvalue weighted by molar-refractivity contribution is 6.60. The summed E-state index contributed by atoms with van der Waals surface area (Å²) in [5, 5.41) is 0. The van der Waals surface area contributed by atoms with Crippen LogP contribution in [0.25, 0.3) is 0 Å². The minimum Gasteiger partial charge on any atom is -0.466 e. The van der Waals surface area contributed by atoms with Crippen molar-refractivity contribution in [3.05, 3.63) is 0 Å². The number of ether oxygens (including phenoxy) is 1. The van der Waals surface area contributed by atoms with Crippen molar-refractivity contribution in [2.45, 2.75) is 33.7 Å². The smallest absolute Gasteiger partial charge is 0.466 e. The zero-order valence-corrected chi connectivity index (χ0v) is 11.6. The highest BCUT2D eigenvalue weighted by atomic mass is 28.4. The van der Waals surface area contributed by atoms with Gasteiger partial charge in [0.2, 0.25) is 0 Å². The van der Waals surface area contributed by atoms with Gasteiger partial charge in [-0.25, -0.2) is 0 Å². The van der Waals surface area contributed by atoms with E-state index in [9.17, 15) is 4.79 Å². The molecule has 0 unspecified atom stereocenters. The fraction of sp³-hybridized carbons (Fsp3) is 0.900. The Morgan fingerprint density at radius 3 is 1.75 bits per heavy atom. The van der Waals surface area contributed by atoms with Gasteiger partial charge in [-0.15, -0.1) is 0 Å². The van der Waals surface area contributed by atoms with Gasteiger partial charge in [0.1, 0.15) is 0 Å². The van der Waals surface area contributed by atoms with E-state index in [0.29, 0.717) is 25.9 Å². The topological polar surface area (TPSA) is 54.0 Å². The van der Waals surface area contributed by atoms with Gasteiger partial charge in [0.25, 0.3) is 0 Å². The lowest BCUT2D eigenvalue weighted by Crippen LogP contribution is -2.47. The molecular weight excluding hydrogens is 228 g/mol. The second kappa shape index (κ2) is 8.69. The first-order valence-electron chi connectivity index (χ1n) is 5.65. The molecule has 0 aromatic carbocycles. The van der Waals surface area contributed by atoms with Crippen LogP contribution in [0.2, 0.25) is 6.04 Å². The van der Waals surface area contributed by atoms with Crippen molar-refractivity contribution in [3.8, 4) is 0 Å². The van der Waals surface area contributed by atoms with E-state index in [1.807, 2.05) is 20.8 Å². The Labute approximate surface area is 98.4 Å². The maximum atomic E-state index is 10.7. The Bertz CT molecular complexity index is 181. The molecule has 0 fully saturated rings. The molecule has 0 atom stereocenters. The van der Waals surface area contributed by atoms with Crippen molar-refractivity contribution in [3.63, 3.8) is 0 Å². The SMILES string of the molecule is CCO[Si](CCOC(C)=O)(OCC)OCC. The van der Waals surface area contributed by atoms with Crippen molar-refractivity contribution in [1.29, 1.82) is 0 Å². The van der Waals surface area contributed by atoms with Crippen LogP contribution in [0.5, 0.6) is 0 Å². The molecule has 6 heteroatoms. The lowest BCUT2D eigenvalue weighted by atomic mass is 10.8. The largest absolute Gasteiger partial charge is 0.504 e. The second-order valence-electron chi connectivity index (χ2n) is 3.07. The van der Waals surface area contributed by atoms with Gasteiger partial charge in [0.05, 0.1) is 12.7 Å². The lowest BCUT2D eigenvalue weighted by Gasteiger charge is -2.28. The predicted octanol–water partition coefficient (Wildman–Crippen LogP) is 1.60. The number of hydrogen-bond acceptors (Lipinski definition) is 5. The van der Waals surface area contributed by atoms with Crippen LogP contribution in [0.3, 0.4) is 0 Å². The van der Waals surface area contributed by atoms with Gasteiger partial charge in [-0.3, -0.25) is 4.79 Å². The third-order valence-electron chi connectivity index (χ3n) is 1.81. The van der Waals surface area contributed by atoms with Crippen molar-refractivity contribution in [2.24, 2.45) is 0 Å². The number of carbonyl (C=O) groups is 1. The van der Waals surface area contributed by atoms with Gasteiger partial charge in [-0.2, -0.15) is 0 Å². The summed E-state index contributed by atoms with van der Waals surface area (Å²) in [6, 6.07) is 0.502. The van der Waals surface area contributed by atoms with Crippen LogP contribution in [-0.2, 0) is 22.8 Å². The fourth-order valence-electron chi connectivity index (χ4n) is 1.32. The molecule has 0 rings (SSSR count). The minimum absolute atomic E-state index is 0.279. The van der Waals surface area contributed by atoms with E-state index < -0.39 is 8.80 Å². The number of esters is 1. The van der Waals surface area contributed by atoms with Gasteiger partial charge in [0, 0.05) is 26.7 Å². The van der Waals surface area contributed by atoms with Crippen LogP contribution in [0, 0.1) is 0 Å². The molecule has 0 heterocycles. The van der Waals surface area contributed by atoms with Crippen LogP contribution in [0.1, 0.15) is 27.7 Å². The monoisotopic (exact) mass is 250 g/mol. The molecule has 0 N–H and O–H groups in total. The van der Waals surface area contributed by atoms with Gasteiger partial charge >= 0.3 is 14.8 Å². The van der Waals surface area contributed by atoms with Crippen molar-refractivity contribution < 1.29 is 22.8 Å². The molecule has 0 aliphatic heterocycles. The molecule has 0 aliphatic carbocycles. The van der Waals surface area contributed by atoms with Crippen molar-refractivity contribution in [2.75, 3.05) is 26.4 Å². The molecule has 16 heavy (non-hydrogen) atoms. The van der Waals surface area contributed by atoms with E-state index in [0.717, 1.165) is 0 Å². The maximum absolute atomic E-state index is 10.7. The molecule has 0 aliphatic rings. The molecule has 5 nitrogen and oxygen atoms in total. The van der Waals surface area contributed by atoms with E-state index in [2.05, 4.69) is 0 Å². The first-order chi connectivity index (χ1) is 7.60. The summed E-state index contributed by atoms with van der Waals surface area (Å²) in [4.78, 5) is 10.7. The van der Waals surface area contributed by atoms with E-state index in [4.69, 9.17) is 18.0 Å². The molecule has 0 aromatic rings. The maximum Gasteiger partial charge on any atom is 0.504 e. The molecule has 0 spiro atoms. The molecular formula is C10H22O5Si. The average Bonchev–Trinajstić information content (AvgIpc) is 2.18. The lowest BCUT2D eigenvalue weighted by molar-refractivity contribution is -0.140. The summed E-state index contributed by atoms with van der Waals surface area (Å²) >= 11 is 0. The highest BCUT2D eigenvalue weighted by Crippen LogP contribution is 2.15. The third-order valence-corrected chi connectivity index (χ3v) is 4.81. The number of carbonyl (C=O) groups excluding carboxylic acids is 1. The predicted molar refractivity (Wildman–Crippen MR) is 62.1 cm³/mol. The van der Waals surface area contributed by atoms with Gasteiger partial charge in [0.15, 0.2) is 0 Å². The quantitative estimate of drug-likeness (QED) is 0.459. The fourth-order valence-corrected chi connectivity index (χ4v) is 3.68. The molecule has 96 valence electrons. The summed E-state index contributed by atoms with van der Waals surface area (Å²) in [6.07, 6.45) is 0. The van der Waals surface area contributed by atoms with E-state index in [1.54, 1.807) is 0 Å². The van der Waals surface area contributed by atoms with Crippen LogP contribution < -0.4 is 0 Å². The number of rotatable bonds is 9. The summed E-state index contributed by atoms with van der Waals surface area (Å²) in [7, 11) is -2.64. The van der Waals surface area contributed by atoms with E-state index in [-0.39, 0.29) is 12.6 Å². The Kier molecular flexibility index (Phi) is 8.45. The Morgan fingerprint density at radius 1 is 1.00 bits per heavy atom. The Hall–Kier alpha value is -0.433. The van der Waals surface area contributed by atoms with Crippen molar-refractivity contribution >= 4 is 14.8 Å². The summed E-state index contributed by atoms with van der Waals surface area (Å²) in [6.45, 7) is 8.95. The van der Waals surface area contributed by atoms with Crippen LogP contribution in [-0.4, -0.2) is 41.2 Å². The normalized spacial score (nSPS) is 11.5. The Morgan fingerprint density at radius 2 is 1.44 bits per heavy atom. The highest BCUT2D eigenvalue weighted by Gasteiger charge is 2.40. The van der Waals surface area contributed by atoms with E-state index >= 15 is 0 Å². The Balaban J connectivity index is 4.28. The summed E-state index contributed by atoms with van der Waals surface area (Å²) in [5.74, 6) is -0.299. The third kappa shape index (κ3) is 6.22. The second-order valence-corrected chi connectivity index (χ2v) is 5.80. The average molecular weight is 250 g/mol. The molecule has 0 aromatic heterocycles. The zero-order chi connectivity index (χ0) is 12.4. The molecule has 0 saturated heterocycles. The zero-order valence-electron chi connectivity index (χ0n) is 10.6. The summed E-state index contributed by atoms with van der Waals surface area (Å²) in [5.41, 5.74) is 0. The van der Waals surface area contributed by atoms with Gasteiger partial charge in [-0.05, 0) is 20.8 Å². The van der Waals surface area contributed by atoms with Gasteiger partial charge in [-0.1, -0.05) is 0 Å². The minimum atomic E-state index is -2.64. The van der Waals surface area contributed by atoms with E-state index in [1.165, 1.54) is 6.92 Å². The van der Waals surface area contributed by atoms with Crippen LogP contribution in [0.15, 0.2) is 0 Å². The van der Waals surface area contributed by atoms with Gasteiger partial charge < -0.3 is 18.0 Å². The van der Waals surface area contributed by atoms with Crippen LogP contribution in [0.4, 0.5) is 0 Å². The first kappa shape index (κ1) is 15.6. The molecule has 0 radical (unpaired) electrons.